The second kappa shape index (κ2) is 15.8. The maximum Gasteiger partial charge on any atom is 0.257 e. The van der Waals surface area contributed by atoms with Gasteiger partial charge in [0, 0.05) is 49.7 Å². The van der Waals surface area contributed by atoms with E-state index in [0.717, 1.165) is 42.9 Å². The highest BCUT2D eigenvalue weighted by Crippen LogP contribution is 2.37. The number of amides is 2. The molecule has 1 aromatic rings. The van der Waals surface area contributed by atoms with Crippen molar-refractivity contribution >= 4 is 29.9 Å². The van der Waals surface area contributed by atoms with Crippen molar-refractivity contribution in [2.45, 2.75) is 85.2 Å². The first-order chi connectivity index (χ1) is 21.6. The Morgan fingerprint density at radius 2 is 1.96 bits per heavy atom. The number of ether oxygens (including phenoxy) is 1. The van der Waals surface area contributed by atoms with Crippen LogP contribution >= 0.6 is 0 Å². The number of unbranched alkanes of at least 4 members (excludes halogenated alkanes) is 1. The van der Waals surface area contributed by atoms with Crippen LogP contribution in [0.2, 0.25) is 0 Å². The largest absolute Gasteiger partial charge is 0.479 e. The number of nitrogens with zero attached hydrogens (tertiary/aromatic N) is 5. The molecule has 0 spiro atoms. The lowest BCUT2D eigenvalue weighted by Crippen LogP contribution is -2.40. The Bertz CT molecular complexity index is 1470. The molecule has 2 aliphatic heterocycles. The van der Waals surface area contributed by atoms with Crippen LogP contribution in [0.15, 0.2) is 68.6 Å². The summed E-state index contributed by atoms with van der Waals surface area (Å²) in [6, 6.07) is 0.325. The fourth-order valence-electron chi connectivity index (χ4n) is 5.95. The fraction of sp³-hybridized carbons (Fsp3) is 0.514. The van der Waals surface area contributed by atoms with E-state index in [4.69, 9.17) is 14.7 Å². The summed E-state index contributed by atoms with van der Waals surface area (Å²) in [5, 5.41) is 10.5. The molecule has 1 aromatic heterocycles. The lowest BCUT2D eigenvalue weighted by atomic mass is 10.1. The third-order valence-electron chi connectivity index (χ3n) is 8.49. The number of carbonyl (C=O) groups is 2. The third kappa shape index (κ3) is 9.00. The van der Waals surface area contributed by atoms with E-state index in [2.05, 4.69) is 33.6 Å². The van der Waals surface area contributed by atoms with Crippen molar-refractivity contribution in [3.8, 4) is 5.88 Å². The van der Waals surface area contributed by atoms with Gasteiger partial charge < -0.3 is 15.4 Å². The van der Waals surface area contributed by atoms with Crippen LogP contribution in [0.25, 0.3) is 5.70 Å². The van der Waals surface area contributed by atoms with Gasteiger partial charge in [0.15, 0.2) is 0 Å². The Balaban J connectivity index is 1.56. The number of hydrogen-bond acceptors (Lipinski definition) is 7. The van der Waals surface area contributed by atoms with Crippen LogP contribution in [-0.2, 0) is 16.6 Å². The minimum atomic E-state index is -0.302. The first-order valence-electron chi connectivity index (χ1n) is 16.1. The zero-order valence-electron chi connectivity index (χ0n) is 27.9. The van der Waals surface area contributed by atoms with Gasteiger partial charge in [0.2, 0.25) is 11.8 Å². The second-order valence-corrected chi connectivity index (χ2v) is 12.4. The molecule has 2 fully saturated rings. The number of fused-ring (bicyclic) bond motifs is 2. The summed E-state index contributed by atoms with van der Waals surface area (Å²) in [5.74, 6) is 0.865. The minimum Gasteiger partial charge on any atom is -0.479 e. The molecule has 2 N–H and O–H groups in total. The lowest BCUT2D eigenvalue weighted by molar-refractivity contribution is -0.121. The van der Waals surface area contributed by atoms with E-state index in [-0.39, 0.29) is 17.9 Å². The summed E-state index contributed by atoms with van der Waals surface area (Å²) >= 11 is 0. The number of aliphatic imine (C=N–C) groups is 2. The summed E-state index contributed by atoms with van der Waals surface area (Å²) in [5.41, 5.74) is 4.68. The molecule has 4 rings (SSSR count). The summed E-state index contributed by atoms with van der Waals surface area (Å²) in [6.07, 6.45) is 19.2. The van der Waals surface area contributed by atoms with Crippen LogP contribution in [0, 0.1) is 5.92 Å². The number of carbonyl (C=O) groups excluding carboxylic acids is 2. The molecule has 242 valence electrons. The molecule has 45 heavy (non-hydrogen) atoms. The van der Waals surface area contributed by atoms with E-state index in [1.807, 2.05) is 59.2 Å². The van der Waals surface area contributed by atoms with Gasteiger partial charge in [-0.25, -0.2) is 0 Å². The Kier molecular flexibility index (Phi) is 11.9. The molecule has 2 unspecified atom stereocenters. The predicted molar refractivity (Wildman–Crippen MR) is 181 cm³/mol. The molecule has 1 saturated carbocycles. The number of aromatic nitrogens is 2. The van der Waals surface area contributed by atoms with Crippen LogP contribution in [0.1, 0.15) is 78.7 Å². The van der Waals surface area contributed by atoms with Gasteiger partial charge in [0.1, 0.15) is 0 Å². The van der Waals surface area contributed by atoms with E-state index < -0.39 is 0 Å². The Morgan fingerprint density at radius 1 is 1.16 bits per heavy atom. The molecule has 3 atom stereocenters. The van der Waals surface area contributed by atoms with E-state index in [1.165, 1.54) is 19.3 Å². The molecule has 10 nitrogen and oxygen atoms in total. The van der Waals surface area contributed by atoms with E-state index >= 15 is 0 Å². The molecule has 1 saturated heterocycles. The molecule has 10 heteroatoms. The van der Waals surface area contributed by atoms with E-state index in [1.54, 1.807) is 24.2 Å². The van der Waals surface area contributed by atoms with Gasteiger partial charge in [-0.05, 0) is 82.6 Å². The van der Waals surface area contributed by atoms with Crippen LogP contribution in [0.5, 0.6) is 5.88 Å². The van der Waals surface area contributed by atoms with Crippen LogP contribution in [-0.4, -0.2) is 71.2 Å². The Hall–Kier alpha value is -4.05. The Labute approximate surface area is 267 Å². The number of methoxy groups -OCH3 is 1. The lowest BCUT2D eigenvalue weighted by Gasteiger charge is -2.26. The molecule has 0 radical (unpaired) electrons. The summed E-state index contributed by atoms with van der Waals surface area (Å²) < 4.78 is 7.15. The van der Waals surface area contributed by atoms with Gasteiger partial charge in [0.05, 0.1) is 36.5 Å². The van der Waals surface area contributed by atoms with E-state index in [0.29, 0.717) is 46.7 Å². The average molecular weight is 616 g/mol. The van der Waals surface area contributed by atoms with Crippen molar-refractivity contribution in [1.82, 2.24) is 25.3 Å². The first kappa shape index (κ1) is 33.8. The van der Waals surface area contributed by atoms with Crippen molar-refractivity contribution < 1.29 is 14.3 Å². The molecular weight excluding hydrogens is 566 g/mol. The molecule has 2 bridgehead atoms. The maximum atomic E-state index is 13.8. The standard InChI is InChI=1S/C35H49N7O3/c1-8-10-11-12-27(38-33(43)22-42-20-25-13-14-28(42)15-25)17-31(23(3)4)39-34(44)29-19-36-26(9-2)16-32(37-18-24(29)5)30-21-41(6)40-35(30)45-7/h11-12,16-19,21,25-26,28H,8-10,13-15,20,22H2,1-7H3,(H,38,43)(H,39,44)/b12-11+,27-17+,29-24-,32-16-,36-19?,37-18-/t25-,26?,28?/m0/s1. The Morgan fingerprint density at radius 3 is 2.60 bits per heavy atom. The summed E-state index contributed by atoms with van der Waals surface area (Å²) in [4.78, 5) is 38.7. The van der Waals surface area contributed by atoms with Gasteiger partial charge in [-0.1, -0.05) is 31.9 Å². The molecule has 1 aliphatic carbocycles. The minimum absolute atomic E-state index is 0.0355. The van der Waals surface area contributed by atoms with Gasteiger partial charge in [-0.2, -0.15) is 0 Å². The van der Waals surface area contributed by atoms with Gasteiger partial charge in [-0.15, -0.1) is 5.10 Å². The van der Waals surface area contributed by atoms with Crippen molar-refractivity contribution in [3.05, 3.63) is 64.2 Å². The van der Waals surface area contributed by atoms with Crippen molar-refractivity contribution in [2.24, 2.45) is 23.0 Å². The van der Waals surface area contributed by atoms with Gasteiger partial charge in [-0.3, -0.25) is 29.2 Å². The number of likely N-dealkylation sites (tertiary alicyclic amines) is 1. The van der Waals surface area contributed by atoms with Crippen LogP contribution in [0.4, 0.5) is 0 Å². The number of hydrogen-bond donors (Lipinski definition) is 2. The summed E-state index contributed by atoms with van der Waals surface area (Å²) in [6.45, 7) is 11.3. The van der Waals surface area contributed by atoms with Gasteiger partial charge >= 0.3 is 0 Å². The van der Waals surface area contributed by atoms with Crippen molar-refractivity contribution in [3.63, 3.8) is 0 Å². The quantitative estimate of drug-likeness (QED) is 0.311. The number of aryl methyl sites for hydroxylation is 1. The van der Waals surface area contributed by atoms with Crippen molar-refractivity contribution in [1.29, 1.82) is 0 Å². The number of allylic oxidation sites excluding steroid dienone is 5. The average Bonchev–Trinajstić information content (AvgIpc) is 3.74. The number of nitrogens with one attached hydrogen (secondary N) is 2. The topological polar surface area (TPSA) is 113 Å². The molecule has 3 heterocycles. The predicted octanol–water partition coefficient (Wildman–Crippen LogP) is 5.27. The van der Waals surface area contributed by atoms with Crippen LogP contribution < -0.4 is 15.4 Å². The zero-order chi connectivity index (χ0) is 32.5. The number of rotatable bonds is 12. The smallest absolute Gasteiger partial charge is 0.257 e. The highest BCUT2D eigenvalue weighted by Gasteiger charge is 2.38. The van der Waals surface area contributed by atoms with Crippen LogP contribution in [0.3, 0.4) is 0 Å². The fourth-order valence-corrected chi connectivity index (χ4v) is 5.95. The zero-order valence-corrected chi connectivity index (χ0v) is 27.9. The SMILES string of the molecule is CCC/C=C/C(=C\C(NC(=O)\C1=C(C)/C=N\C(c2cn(C)nc2OC)=C/C(CC)N=C1)=C(C)C)NC(=O)CN1C[C@H]2CCC1C2. The molecular formula is C35H49N7O3. The molecule has 2 amide bonds. The highest BCUT2D eigenvalue weighted by molar-refractivity contribution is 6.17. The highest BCUT2D eigenvalue weighted by atomic mass is 16.5. The van der Waals surface area contributed by atoms with Gasteiger partial charge in [0.25, 0.3) is 5.91 Å². The van der Waals surface area contributed by atoms with E-state index in [9.17, 15) is 9.59 Å². The monoisotopic (exact) mass is 615 g/mol. The molecule has 0 aromatic carbocycles. The maximum absolute atomic E-state index is 13.8. The number of piperidine rings is 1. The third-order valence-corrected chi connectivity index (χ3v) is 8.49. The van der Waals surface area contributed by atoms with Crippen molar-refractivity contribution in [2.75, 3.05) is 20.2 Å². The summed E-state index contributed by atoms with van der Waals surface area (Å²) in [7, 11) is 3.41. The molecule has 3 aliphatic rings. The normalized spacial score (nSPS) is 25.4. The second-order valence-electron chi connectivity index (χ2n) is 12.4. The first-order valence-corrected chi connectivity index (χ1v) is 16.1.